The summed E-state index contributed by atoms with van der Waals surface area (Å²) in [5, 5.41) is 1.55. The van der Waals surface area contributed by atoms with Crippen molar-refractivity contribution in [2.24, 2.45) is 0 Å². The maximum absolute atomic E-state index is 12.5. The minimum Gasteiger partial charge on any atom is -0.398 e. The fourth-order valence-electron chi connectivity index (χ4n) is 1.36. The number of likely N-dealkylation sites (N-methyl/N-ethyl adjacent to an activating group) is 1. The van der Waals surface area contributed by atoms with E-state index >= 15 is 0 Å². The summed E-state index contributed by atoms with van der Waals surface area (Å²) in [5.74, 6) is -0.297. The van der Waals surface area contributed by atoms with Gasteiger partial charge in [0.1, 0.15) is 4.21 Å². The lowest BCUT2D eigenvalue weighted by molar-refractivity contribution is -0.128. The van der Waals surface area contributed by atoms with Gasteiger partial charge in [0, 0.05) is 38.8 Å². The zero-order chi connectivity index (χ0) is 15.3. The molecule has 0 aliphatic heterocycles. The van der Waals surface area contributed by atoms with Crippen LogP contribution in [0.15, 0.2) is 15.7 Å². The number of nitrogen functional groups attached to an aromatic ring is 1. The summed E-state index contributed by atoms with van der Waals surface area (Å²) in [6, 6.07) is 1.39. The summed E-state index contributed by atoms with van der Waals surface area (Å²) in [6.07, 6.45) is 0. The normalized spacial score (nSPS) is 11.8. The maximum Gasteiger partial charge on any atom is 0.253 e. The number of carbonyl (C=O) groups is 1. The van der Waals surface area contributed by atoms with E-state index in [4.69, 9.17) is 10.5 Å². The highest BCUT2D eigenvalue weighted by molar-refractivity contribution is 7.91. The van der Waals surface area contributed by atoms with Crippen LogP contribution in [0.25, 0.3) is 0 Å². The quantitative estimate of drug-likeness (QED) is 0.766. The lowest BCUT2D eigenvalue weighted by Crippen LogP contribution is -2.41. The number of hydrogen-bond acceptors (Lipinski definition) is 6. The summed E-state index contributed by atoms with van der Waals surface area (Å²) in [6.45, 7) is 0.0908. The van der Waals surface area contributed by atoms with Crippen LogP contribution in [-0.4, -0.2) is 64.4 Å². The highest BCUT2D eigenvalue weighted by Gasteiger charge is 2.28. The Morgan fingerprint density at radius 3 is 2.55 bits per heavy atom. The molecule has 0 atom stereocenters. The minimum absolute atomic E-state index is 0.107. The third-order valence-electron chi connectivity index (χ3n) is 2.55. The van der Waals surface area contributed by atoms with Crippen LogP contribution < -0.4 is 5.73 Å². The third-order valence-corrected chi connectivity index (χ3v) is 5.82. The second kappa shape index (κ2) is 7.02. The summed E-state index contributed by atoms with van der Waals surface area (Å²) in [4.78, 5) is 13.1. The van der Waals surface area contributed by atoms with E-state index in [1.807, 2.05) is 0 Å². The molecule has 7 nitrogen and oxygen atoms in total. The maximum atomic E-state index is 12.5. The van der Waals surface area contributed by atoms with Crippen LogP contribution in [0.3, 0.4) is 0 Å². The number of carbonyl (C=O) groups excluding carboxylic acids is 1. The highest BCUT2D eigenvalue weighted by Crippen LogP contribution is 2.25. The smallest absolute Gasteiger partial charge is 0.253 e. The summed E-state index contributed by atoms with van der Waals surface area (Å²) in [7, 11) is 0.889. The highest BCUT2D eigenvalue weighted by atomic mass is 32.2. The Morgan fingerprint density at radius 1 is 1.45 bits per heavy atom. The first-order chi connectivity index (χ1) is 9.28. The number of amides is 1. The van der Waals surface area contributed by atoms with E-state index in [0.29, 0.717) is 5.69 Å². The molecule has 9 heteroatoms. The Bertz CT molecular complexity index is 554. The number of nitrogens with zero attached hydrogens (tertiary/aromatic N) is 2. The van der Waals surface area contributed by atoms with Crippen LogP contribution in [-0.2, 0) is 19.6 Å². The van der Waals surface area contributed by atoms with Gasteiger partial charge in [-0.25, -0.2) is 8.42 Å². The van der Waals surface area contributed by atoms with Crippen molar-refractivity contribution in [3.8, 4) is 0 Å². The molecule has 0 aromatic carbocycles. The number of anilines is 1. The van der Waals surface area contributed by atoms with Crippen molar-refractivity contribution in [3.05, 3.63) is 11.4 Å². The Kier molecular flexibility index (Phi) is 5.93. The average Bonchev–Trinajstić information content (AvgIpc) is 2.81. The lowest BCUT2D eigenvalue weighted by Gasteiger charge is -2.22. The third kappa shape index (κ3) is 4.17. The van der Waals surface area contributed by atoms with Crippen molar-refractivity contribution >= 4 is 33.0 Å². The zero-order valence-electron chi connectivity index (χ0n) is 11.7. The van der Waals surface area contributed by atoms with Crippen molar-refractivity contribution in [1.82, 2.24) is 9.21 Å². The Hall–Kier alpha value is -1.16. The van der Waals surface area contributed by atoms with Crippen LogP contribution in [0, 0.1) is 0 Å². The van der Waals surface area contributed by atoms with Gasteiger partial charge in [0.25, 0.3) is 10.0 Å². The van der Waals surface area contributed by atoms with E-state index in [1.54, 1.807) is 19.5 Å². The van der Waals surface area contributed by atoms with E-state index in [-0.39, 0.29) is 29.8 Å². The largest absolute Gasteiger partial charge is 0.398 e. The van der Waals surface area contributed by atoms with Gasteiger partial charge in [-0.1, -0.05) is 0 Å². The first-order valence-corrected chi connectivity index (χ1v) is 8.14. The molecule has 0 unspecified atom stereocenters. The van der Waals surface area contributed by atoms with E-state index in [1.165, 1.54) is 18.1 Å². The Labute approximate surface area is 123 Å². The van der Waals surface area contributed by atoms with Gasteiger partial charge in [-0.15, -0.1) is 11.3 Å². The number of methoxy groups -OCH3 is 1. The number of sulfonamides is 1. The molecule has 2 N–H and O–H groups in total. The van der Waals surface area contributed by atoms with Gasteiger partial charge in [-0.05, 0) is 6.07 Å². The van der Waals surface area contributed by atoms with Crippen LogP contribution in [0.2, 0.25) is 0 Å². The average molecular weight is 321 g/mol. The second-order valence-electron chi connectivity index (χ2n) is 4.32. The van der Waals surface area contributed by atoms with Crippen LogP contribution in [0.4, 0.5) is 5.69 Å². The number of ether oxygens (including phenoxy) is 1. The molecule has 1 aromatic heterocycles. The summed E-state index contributed by atoms with van der Waals surface area (Å²) in [5.41, 5.74) is 5.94. The molecule has 0 spiro atoms. The van der Waals surface area contributed by atoms with E-state index in [2.05, 4.69) is 0 Å². The molecule has 0 saturated heterocycles. The second-order valence-corrected chi connectivity index (χ2v) is 7.39. The summed E-state index contributed by atoms with van der Waals surface area (Å²) >= 11 is 1.03. The van der Waals surface area contributed by atoms with Gasteiger partial charge in [-0.2, -0.15) is 4.31 Å². The molecule has 0 saturated carbocycles. The Balaban J connectivity index is 3.00. The molecule has 0 aliphatic rings. The van der Waals surface area contributed by atoms with Crippen molar-refractivity contribution in [1.29, 1.82) is 0 Å². The van der Waals surface area contributed by atoms with E-state index < -0.39 is 10.0 Å². The van der Waals surface area contributed by atoms with Gasteiger partial charge in [0.15, 0.2) is 0 Å². The van der Waals surface area contributed by atoms with Gasteiger partial charge in [0.05, 0.1) is 13.2 Å². The van der Waals surface area contributed by atoms with Gasteiger partial charge >= 0.3 is 0 Å². The fraction of sp³-hybridized carbons (Fsp3) is 0.545. The molecule has 0 bridgehead atoms. The zero-order valence-corrected chi connectivity index (χ0v) is 13.3. The summed E-state index contributed by atoms with van der Waals surface area (Å²) < 4.78 is 31.1. The molecule has 0 fully saturated rings. The van der Waals surface area contributed by atoms with E-state index in [9.17, 15) is 13.2 Å². The first-order valence-electron chi connectivity index (χ1n) is 5.82. The van der Waals surface area contributed by atoms with Crippen molar-refractivity contribution in [3.63, 3.8) is 0 Å². The topological polar surface area (TPSA) is 92.9 Å². The van der Waals surface area contributed by atoms with Crippen molar-refractivity contribution in [2.75, 3.05) is 46.6 Å². The molecule has 0 aliphatic carbocycles. The first kappa shape index (κ1) is 16.9. The van der Waals surface area contributed by atoms with E-state index in [0.717, 1.165) is 15.6 Å². The standard InChI is InChI=1S/C11H19N3O4S2/c1-13(2)10(15)7-14(4-5-18-3)20(16,17)11-6-9(12)8-19-11/h6,8H,4-5,7,12H2,1-3H3. The van der Waals surface area contributed by atoms with Crippen LogP contribution >= 0.6 is 11.3 Å². The van der Waals surface area contributed by atoms with Gasteiger partial charge in [-0.3, -0.25) is 4.79 Å². The molecule has 1 aromatic rings. The molecule has 1 rings (SSSR count). The predicted octanol–water partition coefficient (Wildman–Crippen LogP) is 0.0556. The lowest BCUT2D eigenvalue weighted by atomic mass is 10.5. The number of hydrogen-bond donors (Lipinski definition) is 1. The van der Waals surface area contributed by atoms with Gasteiger partial charge < -0.3 is 15.4 Å². The minimum atomic E-state index is -3.74. The van der Waals surface area contributed by atoms with Crippen LogP contribution in [0.1, 0.15) is 0 Å². The molecule has 1 amide bonds. The predicted molar refractivity (Wildman–Crippen MR) is 78.1 cm³/mol. The fourth-order valence-corrected chi connectivity index (χ4v) is 3.97. The number of thiophene rings is 1. The monoisotopic (exact) mass is 321 g/mol. The molecule has 20 heavy (non-hydrogen) atoms. The number of nitrogens with two attached hydrogens (primary N) is 1. The van der Waals surface area contributed by atoms with Crippen LogP contribution in [0.5, 0.6) is 0 Å². The molecular formula is C11H19N3O4S2. The SMILES string of the molecule is COCCN(CC(=O)N(C)C)S(=O)(=O)c1cc(N)cs1. The number of rotatable bonds is 7. The van der Waals surface area contributed by atoms with Crippen molar-refractivity contribution < 1.29 is 17.9 Å². The Morgan fingerprint density at radius 2 is 2.10 bits per heavy atom. The molecule has 1 heterocycles. The molecule has 0 radical (unpaired) electrons. The molecular weight excluding hydrogens is 302 g/mol. The molecule has 114 valence electrons. The van der Waals surface area contributed by atoms with Crippen molar-refractivity contribution in [2.45, 2.75) is 4.21 Å². The van der Waals surface area contributed by atoms with Gasteiger partial charge in [0.2, 0.25) is 5.91 Å².